The molecule has 0 aliphatic carbocycles. The minimum atomic E-state index is -0.450. The van der Waals surface area contributed by atoms with E-state index in [1.807, 2.05) is 68.6 Å². The molecule has 0 atom stereocenters. The number of esters is 1. The van der Waals surface area contributed by atoms with E-state index in [9.17, 15) is 4.79 Å². The summed E-state index contributed by atoms with van der Waals surface area (Å²) in [4.78, 5) is 11.4. The number of benzene rings is 2. The maximum atomic E-state index is 11.4. The Bertz CT molecular complexity index is 871. The quantitative estimate of drug-likeness (QED) is 0.529. The third-order valence-electron chi connectivity index (χ3n) is 3.73. The first-order valence-corrected chi connectivity index (χ1v) is 7.97. The van der Waals surface area contributed by atoms with Crippen molar-refractivity contribution in [3.63, 3.8) is 0 Å². The molecule has 0 aliphatic rings. The minimum Gasteiger partial charge on any atom is -0.425 e. The van der Waals surface area contributed by atoms with E-state index >= 15 is 0 Å². The van der Waals surface area contributed by atoms with Crippen LogP contribution in [0.2, 0.25) is 0 Å². The molecule has 1 heterocycles. The molecule has 0 saturated carbocycles. The van der Waals surface area contributed by atoms with Gasteiger partial charge in [0.15, 0.2) is 5.82 Å². The normalized spacial score (nSPS) is 10.1. The van der Waals surface area contributed by atoms with Crippen molar-refractivity contribution < 1.29 is 9.53 Å². The van der Waals surface area contributed by atoms with Gasteiger partial charge in [-0.15, -0.1) is 12.4 Å². The molecule has 3 aromatic rings. The van der Waals surface area contributed by atoms with Crippen LogP contribution in [0.5, 0.6) is 5.75 Å². The largest absolute Gasteiger partial charge is 0.425 e. The van der Waals surface area contributed by atoms with Gasteiger partial charge in [-0.1, -0.05) is 18.2 Å². The van der Waals surface area contributed by atoms with Crippen LogP contribution >= 0.6 is 12.4 Å². The van der Waals surface area contributed by atoms with Crippen LogP contribution in [0.15, 0.2) is 54.7 Å². The fraction of sp³-hybridized carbons (Fsp3) is 0.158. The number of ether oxygens (including phenoxy) is 1. The molecule has 3 rings (SSSR count). The second-order valence-corrected chi connectivity index (χ2v) is 5.72. The van der Waals surface area contributed by atoms with Crippen LogP contribution in [0.4, 0.5) is 11.5 Å². The van der Waals surface area contributed by atoms with Crippen molar-refractivity contribution in [3.8, 4) is 11.4 Å². The fourth-order valence-electron chi connectivity index (χ4n) is 2.60. The maximum Gasteiger partial charge on any atom is 0.325 e. The summed E-state index contributed by atoms with van der Waals surface area (Å²) in [6.45, 7) is 3.63. The first-order chi connectivity index (χ1) is 12.1. The van der Waals surface area contributed by atoms with E-state index < -0.39 is 5.97 Å². The zero-order valence-electron chi connectivity index (χ0n) is 14.6. The summed E-state index contributed by atoms with van der Waals surface area (Å²) in [5.41, 5.74) is 8.88. The van der Waals surface area contributed by atoms with Gasteiger partial charge in [-0.25, -0.2) is 4.68 Å². The molecular weight excluding hydrogens is 352 g/mol. The Balaban J connectivity index is 0.00000243. The Hall–Kier alpha value is -2.83. The Labute approximate surface area is 158 Å². The van der Waals surface area contributed by atoms with Gasteiger partial charge in [-0.2, -0.15) is 5.10 Å². The van der Waals surface area contributed by atoms with E-state index in [1.54, 1.807) is 4.68 Å². The average molecular weight is 373 g/mol. The van der Waals surface area contributed by atoms with Crippen molar-refractivity contribution in [3.05, 3.63) is 65.9 Å². The second kappa shape index (κ2) is 8.51. The van der Waals surface area contributed by atoms with Gasteiger partial charge < -0.3 is 15.8 Å². The molecule has 1 aromatic heterocycles. The molecule has 6 nitrogen and oxygen atoms in total. The molecule has 0 fully saturated rings. The minimum absolute atomic E-state index is 0. The number of aryl methyl sites for hydroxylation is 2. The first-order valence-electron chi connectivity index (χ1n) is 7.97. The highest BCUT2D eigenvalue weighted by molar-refractivity contribution is 5.85. The summed E-state index contributed by atoms with van der Waals surface area (Å²) in [5, 5.41) is 7.80. The van der Waals surface area contributed by atoms with Gasteiger partial charge in [0.05, 0.1) is 12.2 Å². The standard InChI is InChI=1S/C19H20N4O2.ClH/c1-13-10-15(11-14(2)19(13)25-18(24)12-20)21-17-8-9-23(22-17)16-6-4-3-5-7-16;/h3-11H,12,20H2,1-2H3,(H,21,22);1H. The van der Waals surface area contributed by atoms with Crippen molar-refractivity contribution in [1.82, 2.24) is 9.78 Å². The van der Waals surface area contributed by atoms with Crippen LogP contribution in [0.1, 0.15) is 11.1 Å². The molecule has 0 bridgehead atoms. The lowest BCUT2D eigenvalue weighted by molar-refractivity contribution is -0.132. The average Bonchev–Trinajstić information content (AvgIpc) is 3.07. The van der Waals surface area contributed by atoms with Crippen molar-refractivity contribution >= 4 is 29.9 Å². The molecule has 26 heavy (non-hydrogen) atoms. The third kappa shape index (κ3) is 4.41. The van der Waals surface area contributed by atoms with Gasteiger partial charge in [-0.05, 0) is 49.2 Å². The SMILES string of the molecule is Cc1cc(Nc2ccn(-c3ccccc3)n2)cc(C)c1OC(=O)CN.Cl. The van der Waals surface area contributed by atoms with Gasteiger partial charge >= 0.3 is 5.97 Å². The number of para-hydroxylation sites is 1. The molecule has 7 heteroatoms. The van der Waals surface area contributed by atoms with Gasteiger partial charge in [0.2, 0.25) is 0 Å². The Morgan fingerprint density at radius 2 is 1.81 bits per heavy atom. The lowest BCUT2D eigenvalue weighted by atomic mass is 10.1. The Morgan fingerprint density at radius 1 is 1.15 bits per heavy atom. The molecule has 0 saturated heterocycles. The Kier molecular flexibility index (Phi) is 6.38. The predicted molar refractivity (Wildman–Crippen MR) is 105 cm³/mol. The van der Waals surface area contributed by atoms with Crippen LogP contribution in [0.3, 0.4) is 0 Å². The Morgan fingerprint density at radius 3 is 2.42 bits per heavy atom. The molecule has 136 valence electrons. The summed E-state index contributed by atoms with van der Waals surface area (Å²) in [6.07, 6.45) is 1.90. The van der Waals surface area contributed by atoms with E-state index in [-0.39, 0.29) is 19.0 Å². The van der Waals surface area contributed by atoms with Crippen LogP contribution in [0.25, 0.3) is 5.69 Å². The van der Waals surface area contributed by atoms with E-state index in [1.165, 1.54) is 0 Å². The van der Waals surface area contributed by atoms with Crippen LogP contribution in [0, 0.1) is 13.8 Å². The van der Waals surface area contributed by atoms with Gasteiger partial charge in [-0.3, -0.25) is 4.79 Å². The molecule has 0 amide bonds. The monoisotopic (exact) mass is 372 g/mol. The molecular formula is C19H21ClN4O2. The summed E-state index contributed by atoms with van der Waals surface area (Å²) < 4.78 is 7.09. The number of nitrogens with one attached hydrogen (secondary N) is 1. The number of anilines is 2. The summed E-state index contributed by atoms with van der Waals surface area (Å²) in [7, 11) is 0. The van der Waals surface area contributed by atoms with E-state index in [2.05, 4.69) is 10.4 Å². The number of carbonyl (C=O) groups excluding carboxylic acids is 1. The number of rotatable bonds is 5. The first kappa shape index (κ1) is 19.5. The van der Waals surface area contributed by atoms with Crippen molar-refractivity contribution in [2.24, 2.45) is 5.73 Å². The maximum absolute atomic E-state index is 11.4. The lowest BCUT2D eigenvalue weighted by Gasteiger charge is -2.12. The van der Waals surface area contributed by atoms with Crippen LogP contribution in [-0.2, 0) is 4.79 Å². The number of carbonyl (C=O) groups is 1. The molecule has 0 unspecified atom stereocenters. The predicted octanol–water partition coefficient (Wildman–Crippen LogP) is 3.52. The van der Waals surface area contributed by atoms with Gasteiger partial charge in [0.1, 0.15) is 5.75 Å². The number of halogens is 1. The van der Waals surface area contributed by atoms with Crippen molar-refractivity contribution in [1.29, 1.82) is 0 Å². The third-order valence-corrected chi connectivity index (χ3v) is 3.73. The molecule has 0 aliphatic heterocycles. The molecule has 2 aromatic carbocycles. The highest BCUT2D eigenvalue weighted by Gasteiger charge is 2.11. The van der Waals surface area contributed by atoms with Gasteiger partial charge in [0.25, 0.3) is 0 Å². The number of nitrogens with two attached hydrogens (primary N) is 1. The molecule has 0 spiro atoms. The second-order valence-electron chi connectivity index (χ2n) is 5.72. The van der Waals surface area contributed by atoms with E-state index in [0.717, 1.165) is 28.3 Å². The summed E-state index contributed by atoms with van der Waals surface area (Å²) in [6, 6.07) is 15.6. The fourth-order valence-corrected chi connectivity index (χ4v) is 2.60. The topological polar surface area (TPSA) is 82.2 Å². The van der Waals surface area contributed by atoms with E-state index in [0.29, 0.717) is 5.75 Å². The van der Waals surface area contributed by atoms with Gasteiger partial charge in [0, 0.05) is 18.0 Å². The van der Waals surface area contributed by atoms with Crippen molar-refractivity contribution in [2.45, 2.75) is 13.8 Å². The highest BCUT2D eigenvalue weighted by Crippen LogP contribution is 2.28. The molecule has 0 radical (unpaired) electrons. The lowest BCUT2D eigenvalue weighted by Crippen LogP contribution is -2.20. The summed E-state index contributed by atoms with van der Waals surface area (Å²) >= 11 is 0. The van der Waals surface area contributed by atoms with Crippen molar-refractivity contribution in [2.75, 3.05) is 11.9 Å². The number of hydrogen-bond acceptors (Lipinski definition) is 5. The zero-order valence-corrected chi connectivity index (χ0v) is 15.4. The number of hydrogen-bond donors (Lipinski definition) is 2. The van der Waals surface area contributed by atoms with Crippen LogP contribution in [-0.4, -0.2) is 22.3 Å². The number of aromatic nitrogens is 2. The highest BCUT2D eigenvalue weighted by atomic mass is 35.5. The number of nitrogens with zero attached hydrogens (tertiary/aromatic N) is 2. The smallest absolute Gasteiger partial charge is 0.325 e. The zero-order chi connectivity index (χ0) is 17.8. The van der Waals surface area contributed by atoms with E-state index in [4.69, 9.17) is 10.5 Å². The summed E-state index contributed by atoms with van der Waals surface area (Å²) in [5.74, 6) is 0.832. The van der Waals surface area contributed by atoms with Crippen LogP contribution < -0.4 is 15.8 Å². The molecule has 3 N–H and O–H groups in total.